The summed E-state index contributed by atoms with van der Waals surface area (Å²) >= 11 is 3.45. The summed E-state index contributed by atoms with van der Waals surface area (Å²) in [6.07, 6.45) is 4.95. The van der Waals surface area contributed by atoms with Gasteiger partial charge < -0.3 is 15.2 Å². The van der Waals surface area contributed by atoms with Gasteiger partial charge >= 0.3 is 0 Å². The predicted octanol–water partition coefficient (Wildman–Crippen LogP) is 3.24. The Labute approximate surface area is 117 Å². The molecule has 1 aromatic rings. The van der Waals surface area contributed by atoms with Gasteiger partial charge in [-0.1, -0.05) is 15.9 Å². The van der Waals surface area contributed by atoms with E-state index in [9.17, 15) is 0 Å². The highest BCUT2D eigenvalue weighted by atomic mass is 79.9. The first-order chi connectivity index (χ1) is 8.72. The van der Waals surface area contributed by atoms with Crippen LogP contribution in [0.2, 0.25) is 0 Å². The Morgan fingerprint density at radius 1 is 1.33 bits per heavy atom. The summed E-state index contributed by atoms with van der Waals surface area (Å²) in [5.41, 5.74) is 6.80. The Kier molecular flexibility index (Phi) is 5.03. The number of halogens is 1. The SMILES string of the molecule is COC1CCCC(Oc2ccc(Br)cc2CN)C1. The van der Waals surface area contributed by atoms with Gasteiger partial charge in [-0.15, -0.1) is 0 Å². The van der Waals surface area contributed by atoms with Crippen molar-refractivity contribution in [1.29, 1.82) is 0 Å². The summed E-state index contributed by atoms with van der Waals surface area (Å²) in [6, 6.07) is 6.00. The summed E-state index contributed by atoms with van der Waals surface area (Å²) in [5.74, 6) is 0.905. The lowest BCUT2D eigenvalue weighted by Crippen LogP contribution is -2.29. The Bertz CT molecular complexity index is 397. The molecule has 0 saturated heterocycles. The summed E-state index contributed by atoms with van der Waals surface area (Å²) in [7, 11) is 1.78. The second kappa shape index (κ2) is 6.55. The van der Waals surface area contributed by atoms with Gasteiger partial charge in [0, 0.05) is 30.1 Å². The van der Waals surface area contributed by atoms with Gasteiger partial charge in [-0.25, -0.2) is 0 Å². The van der Waals surface area contributed by atoms with E-state index < -0.39 is 0 Å². The van der Waals surface area contributed by atoms with E-state index in [4.69, 9.17) is 15.2 Å². The maximum absolute atomic E-state index is 6.08. The normalized spacial score (nSPS) is 23.9. The molecule has 18 heavy (non-hydrogen) atoms. The van der Waals surface area contributed by atoms with Crippen molar-refractivity contribution >= 4 is 15.9 Å². The Hall–Kier alpha value is -0.580. The Morgan fingerprint density at radius 3 is 2.83 bits per heavy atom. The number of ether oxygens (including phenoxy) is 2. The Morgan fingerprint density at radius 2 is 2.11 bits per heavy atom. The minimum Gasteiger partial charge on any atom is -0.490 e. The molecule has 0 heterocycles. The van der Waals surface area contributed by atoms with Gasteiger partial charge in [-0.2, -0.15) is 0 Å². The molecule has 1 fully saturated rings. The van der Waals surface area contributed by atoms with Gasteiger partial charge in [0.25, 0.3) is 0 Å². The number of benzene rings is 1. The molecule has 0 spiro atoms. The third-order valence-electron chi connectivity index (χ3n) is 3.45. The van der Waals surface area contributed by atoms with Gasteiger partial charge in [-0.05, 0) is 37.5 Å². The first-order valence-corrected chi connectivity index (χ1v) is 7.20. The number of hydrogen-bond acceptors (Lipinski definition) is 3. The predicted molar refractivity (Wildman–Crippen MR) is 75.7 cm³/mol. The van der Waals surface area contributed by atoms with Crippen LogP contribution in [0.4, 0.5) is 0 Å². The van der Waals surface area contributed by atoms with E-state index >= 15 is 0 Å². The maximum atomic E-state index is 6.08. The molecule has 0 aliphatic heterocycles. The van der Waals surface area contributed by atoms with Gasteiger partial charge in [-0.3, -0.25) is 0 Å². The van der Waals surface area contributed by atoms with Crippen LogP contribution >= 0.6 is 15.9 Å². The first kappa shape index (κ1) is 13.8. The van der Waals surface area contributed by atoms with Crippen LogP contribution in [0, 0.1) is 0 Å². The Balaban J connectivity index is 2.04. The topological polar surface area (TPSA) is 44.5 Å². The molecule has 2 atom stereocenters. The van der Waals surface area contributed by atoms with Gasteiger partial charge in [0.2, 0.25) is 0 Å². The van der Waals surface area contributed by atoms with Gasteiger partial charge in [0.05, 0.1) is 6.10 Å². The van der Waals surface area contributed by atoms with Crippen LogP contribution in [0.5, 0.6) is 5.75 Å². The largest absolute Gasteiger partial charge is 0.490 e. The minimum atomic E-state index is 0.246. The number of rotatable bonds is 4. The molecule has 0 amide bonds. The van der Waals surface area contributed by atoms with Crippen molar-refractivity contribution in [2.24, 2.45) is 5.73 Å². The fourth-order valence-electron chi connectivity index (χ4n) is 2.43. The van der Waals surface area contributed by atoms with E-state index in [-0.39, 0.29) is 6.10 Å². The smallest absolute Gasteiger partial charge is 0.124 e. The van der Waals surface area contributed by atoms with E-state index in [1.165, 1.54) is 0 Å². The molecule has 4 heteroatoms. The third-order valence-corrected chi connectivity index (χ3v) is 3.94. The second-order valence-corrected chi connectivity index (χ2v) is 5.64. The highest BCUT2D eigenvalue weighted by Crippen LogP contribution is 2.28. The van der Waals surface area contributed by atoms with Gasteiger partial charge in [0.1, 0.15) is 11.9 Å². The number of methoxy groups -OCH3 is 1. The zero-order valence-corrected chi connectivity index (χ0v) is 12.3. The van der Waals surface area contributed by atoms with Crippen molar-refractivity contribution in [3.8, 4) is 5.75 Å². The van der Waals surface area contributed by atoms with Crippen molar-refractivity contribution in [3.63, 3.8) is 0 Å². The lowest BCUT2D eigenvalue weighted by molar-refractivity contribution is 0.0207. The lowest BCUT2D eigenvalue weighted by atomic mass is 9.95. The molecule has 0 bridgehead atoms. The molecule has 2 N–H and O–H groups in total. The molecule has 2 rings (SSSR count). The van der Waals surface area contributed by atoms with E-state index in [0.29, 0.717) is 12.6 Å². The van der Waals surface area contributed by atoms with E-state index in [1.807, 2.05) is 18.2 Å². The quantitative estimate of drug-likeness (QED) is 0.928. The van der Waals surface area contributed by atoms with Crippen molar-refractivity contribution in [2.75, 3.05) is 7.11 Å². The number of nitrogens with two attached hydrogens (primary N) is 1. The first-order valence-electron chi connectivity index (χ1n) is 6.41. The van der Waals surface area contributed by atoms with E-state index in [1.54, 1.807) is 7.11 Å². The van der Waals surface area contributed by atoms with E-state index in [2.05, 4.69) is 15.9 Å². The lowest BCUT2D eigenvalue weighted by Gasteiger charge is -2.29. The van der Waals surface area contributed by atoms with Crippen molar-refractivity contribution in [3.05, 3.63) is 28.2 Å². The summed E-state index contributed by atoms with van der Waals surface area (Å²) in [6.45, 7) is 0.495. The molecule has 1 saturated carbocycles. The molecule has 100 valence electrons. The molecule has 1 aliphatic carbocycles. The maximum Gasteiger partial charge on any atom is 0.124 e. The molecule has 1 aromatic carbocycles. The van der Waals surface area contributed by atoms with Crippen molar-refractivity contribution in [1.82, 2.24) is 0 Å². The third kappa shape index (κ3) is 3.46. The summed E-state index contributed by atoms with van der Waals surface area (Å²) in [5, 5.41) is 0. The highest BCUT2D eigenvalue weighted by molar-refractivity contribution is 9.10. The fourth-order valence-corrected chi connectivity index (χ4v) is 2.83. The molecular weight excluding hydrogens is 294 g/mol. The molecule has 2 unspecified atom stereocenters. The highest BCUT2D eigenvalue weighted by Gasteiger charge is 2.23. The second-order valence-electron chi connectivity index (χ2n) is 4.72. The van der Waals surface area contributed by atoms with Crippen LogP contribution in [0.15, 0.2) is 22.7 Å². The number of hydrogen-bond donors (Lipinski definition) is 1. The molecular formula is C14H20BrNO2. The average molecular weight is 314 g/mol. The molecule has 1 aliphatic rings. The zero-order valence-electron chi connectivity index (χ0n) is 10.7. The van der Waals surface area contributed by atoms with Gasteiger partial charge in [0.15, 0.2) is 0 Å². The monoisotopic (exact) mass is 313 g/mol. The summed E-state index contributed by atoms with van der Waals surface area (Å²) in [4.78, 5) is 0. The molecule has 0 radical (unpaired) electrons. The minimum absolute atomic E-state index is 0.246. The molecule has 0 aromatic heterocycles. The van der Waals surface area contributed by atoms with Crippen LogP contribution in [0.25, 0.3) is 0 Å². The zero-order chi connectivity index (χ0) is 13.0. The van der Waals surface area contributed by atoms with Crippen LogP contribution in [0.1, 0.15) is 31.2 Å². The molecule has 3 nitrogen and oxygen atoms in total. The summed E-state index contributed by atoms with van der Waals surface area (Å²) < 4.78 is 12.5. The van der Waals surface area contributed by atoms with Crippen LogP contribution < -0.4 is 10.5 Å². The van der Waals surface area contributed by atoms with Crippen molar-refractivity contribution < 1.29 is 9.47 Å². The van der Waals surface area contributed by atoms with Crippen LogP contribution in [-0.2, 0) is 11.3 Å². The average Bonchev–Trinajstić information content (AvgIpc) is 2.41. The fraction of sp³-hybridized carbons (Fsp3) is 0.571. The van der Waals surface area contributed by atoms with Crippen molar-refractivity contribution in [2.45, 2.75) is 44.4 Å². The standard InChI is InChI=1S/C14H20BrNO2/c1-17-12-3-2-4-13(8-12)18-14-6-5-11(15)7-10(14)9-16/h5-7,12-13H,2-4,8-9,16H2,1H3. The van der Waals surface area contributed by atoms with E-state index in [0.717, 1.165) is 41.5 Å². The van der Waals surface area contributed by atoms with Crippen LogP contribution in [-0.4, -0.2) is 19.3 Å². The van der Waals surface area contributed by atoms with Crippen LogP contribution in [0.3, 0.4) is 0 Å².